The number of carbonyl (C=O) groups is 2. The van der Waals surface area contributed by atoms with Crippen LogP contribution in [0.2, 0.25) is 0 Å². The molecular weight excluding hydrogens is 254 g/mol. The van der Waals surface area contributed by atoms with E-state index in [-0.39, 0.29) is 5.97 Å². The van der Waals surface area contributed by atoms with E-state index in [1.807, 2.05) is 33.8 Å². The number of methoxy groups -OCH3 is 1. The van der Waals surface area contributed by atoms with Crippen molar-refractivity contribution >= 4 is 12.3 Å². The molecule has 0 aliphatic heterocycles. The van der Waals surface area contributed by atoms with Gasteiger partial charge in [0.2, 0.25) is 0 Å². The largest absolute Gasteiger partial charge is 0.465 e. The number of aldehydes is 1. The van der Waals surface area contributed by atoms with E-state index in [0.29, 0.717) is 12.0 Å². The van der Waals surface area contributed by atoms with Gasteiger partial charge in [-0.2, -0.15) is 0 Å². The smallest absolute Gasteiger partial charge is 0.339 e. The number of pyridine rings is 1. The molecule has 0 spiro atoms. The number of nitrogens with zero attached hydrogens (tertiary/aromatic N) is 1. The molecule has 0 amide bonds. The number of hydrogen-bond acceptors (Lipinski definition) is 4. The van der Waals surface area contributed by atoms with Gasteiger partial charge < -0.3 is 9.53 Å². The maximum atomic E-state index is 11.1. The van der Waals surface area contributed by atoms with Crippen molar-refractivity contribution in [3.8, 4) is 0 Å². The molecule has 0 fully saturated rings. The molecule has 0 aliphatic carbocycles. The lowest BCUT2D eigenvalue weighted by molar-refractivity contribution is -0.107. The van der Waals surface area contributed by atoms with Crippen molar-refractivity contribution < 1.29 is 14.3 Å². The minimum absolute atomic E-state index is 0.375. The first-order valence-corrected chi connectivity index (χ1v) is 7.25. The van der Waals surface area contributed by atoms with Crippen molar-refractivity contribution in [3.05, 3.63) is 29.6 Å². The highest BCUT2D eigenvalue weighted by Crippen LogP contribution is 2.06. The van der Waals surface area contributed by atoms with Gasteiger partial charge in [0.1, 0.15) is 6.29 Å². The van der Waals surface area contributed by atoms with E-state index in [2.05, 4.69) is 9.72 Å². The predicted molar refractivity (Wildman–Crippen MR) is 81.9 cm³/mol. The van der Waals surface area contributed by atoms with Gasteiger partial charge in [0.25, 0.3) is 0 Å². The molecular formula is C16H27NO3. The molecule has 0 saturated carbocycles. The summed E-state index contributed by atoms with van der Waals surface area (Å²) in [7, 11) is 1.34. The van der Waals surface area contributed by atoms with Gasteiger partial charge in [0, 0.05) is 18.3 Å². The number of hydrogen-bond donors (Lipinski definition) is 0. The van der Waals surface area contributed by atoms with Crippen LogP contribution in [0, 0.1) is 0 Å². The van der Waals surface area contributed by atoms with E-state index in [0.717, 1.165) is 31.2 Å². The van der Waals surface area contributed by atoms with Gasteiger partial charge >= 0.3 is 5.97 Å². The van der Waals surface area contributed by atoms with Gasteiger partial charge in [0.05, 0.1) is 12.7 Å². The van der Waals surface area contributed by atoms with Gasteiger partial charge in [-0.05, 0) is 31.4 Å². The molecule has 0 saturated heterocycles. The Morgan fingerprint density at radius 2 is 1.85 bits per heavy atom. The number of carbonyl (C=O) groups excluding carboxylic acids is 2. The van der Waals surface area contributed by atoms with Gasteiger partial charge in [0.15, 0.2) is 0 Å². The fraction of sp³-hybridized carbons (Fsp3) is 0.562. The number of rotatable bonds is 6. The Balaban J connectivity index is 0. The summed E-state index contributed by atoms with van der Waals surface area (Å²) in [5.41, 5.74) is 1.39. The van der Waals surface area contributed by atoms with Crippen LogP contribution in [-0.2, 0) is 16.0 Å². The highest BCUT2D eigenvalue weighted by atomic mass is 16.5. The molecule has 1 heterocycles. The lowest BCUT2D eigenvalue weighted by atomic mass is 10.1. The Bertz CT molecular complexity index is 347. The molecule has 0 atom stereocenters. The zero-order chi connectivity index (χ0) is 15.8. The molecule has 20 heavy (non-hydrogen) atoms. The minimum Gasteiger partial charge on any atom is -0.465 e. The van der Waals surface area contributed by atoms with Gasteiger partial charge in [-0.15, -0.1) is 0 Å². The molecule has 1 aromatic heterocycles. The first-order chi connectivity index (χ1) is 9.77. The number of unbranched alkanes of at least 4 members (excludes halogenated alkanes) is 2. The molecule has 4 nitrogen and oxygen atoms in total. The Hall–Kier alpha value is -1.71. The van der Waals surface area contributed by atoms with Crippen molar-refractivity contribution in [1.82, 2.24) is 4.98 Å². The summed E-state index contributed by atoms with van der Waals surface area (Å²) in [4.78, 5) is 25.4. The van der Waals surface area contributed by atoms with Gasteiger partial charge in [-0.3, -0.25) is 4.98 Å². The third-order valence-corrected chi connectivity index (χ3v) is 2.25. The second kappa shape index (κ2) is 15.3. The second-order valence-corrected chi connectivity index (χ2v) is 3.44. The molecule has 0 N–H and O–H groups in total. The standard InChI is InChI=1S/C12H15NO3.2C2H6/c1-16-12(15)10-6-7-11(13-9-10)5-3-2-4-8-14;2*1-2/h6-9H,2-5H2,1H3;2*1-2H3. The summed E-state index contributed by atoms with van der Waals surface area (Å²) in [6.45, 7) is 8.00. The van der Waals surface area contributed by atoms with E-state index >= 15 is 0 Å². The van der Waals surface area contributed by atoms with Crippen LogP contribution in [-0.4, -0.2) is 24.3 Å². The zero-order valence-corrected chi connectivity index (χ0v) is 13.3. The normalized spacial score (nSPS) is 8.45. The monoisotopic (exact) mass is 281 g/mol. The van der Waals surface area contributed by atoms with Crippen LogP contribution in [0.15, 0.2) is 18.3 Å². The Labute approximate surface area is 122 Å². The fourth-order valence-corrected chi connectivity index (χ4v) is 1.34. The van der Waals surface area contributed by atoms with Crippen LogP contribution in [0.1, 0.15) is 63.0 Å². The van der Waals surface area contributed by atoms with E-state index in [9.17, 15) is 9.59 Å². The second-order valence-electron chi connectivity index (χ2n) is 3.44. The summed E-state index contributed by atoms with van der Waals surface area (Å²) in [5.74, 6) is -0.375. The quantitative estimate of drug-likeness (QED) is 0.452. The van der Waals surface area contributed by atoms with Crippen LogP contribution in [0.4, 0.5) is 0 Å². The summed E-state index contributed by atoms with van der Waals surface area (Å²) < 4.78 is 4.57. The zero-order valence-electron chi connectivity index (χ0n) is 13.3. The fourth-order valence-electron chi connectivity index (χ4n) is 1.34. The average Bonchev–Trinajstić information content (AvgIpc) is 2.55. The SMILES string of the molecule is CC.CC.COC(=O)c1ccc(CCCCC=O)nc1. The molecule has 1 aromatic rings. The third-order valence-electron chi connectivity index (χ3n) is 2.25. The van der Waals surface area contributed by atoms with Crippen molar-refractivity contribution in [3.63, 3.8) is 0 Å². The van der Waals surface area contributed by atoms with Crippen molar-refractivity contribution in [1.29, 1.82) is 0 Å². The number of aryl methyl sites for hydroxylation is 1. The van der Waals surface area contributed by atoms with Crippen LogP contribution in [0.25, 0.3) is 0 Å². The number of esters is 1. The first kappa shape index (κ1) is 20.6. The first-order valence-electron chi connectivity index (χ1n) is 7.25. The predicted octanol–water partition coefficient (Wildman–Crippen LogP) is 3.83. The van der Waals surface area contributed by atoms with Crippen molar-refractivity contribution in [2.45, 2.75) is 53.4 Å². The van der Waals surface area contributed by atoms with Crippen LogP contribution in [0.3, 0.4) is 0 Å². The number of ether oxygens (including phenoxy) is 1. The lowest BCUT2D eigenvalue weighted by Crippen LogP contribution is -2.02. The summed E-state index contributed by atoms with van der Waals surface area (Å²) in [6, 6.07) is 3.51. The molecule has 0 unspecified atom stereocenters. The van der Waals surface area contributed by atoms with Crippen molar-refractivity contribution in [2.24, 2.45) is 0 Å². The number of aromatic nitrogens is 1. The summed E-state index contributed by atoms with van der Waals surface area (Å²) in [5, 5.41) is 0. The Morgan fingerprint density at radius 1 is 1.20 bits per heavy atom. The van der Waals surface area contributed by atoms with Crippen LogP contribution in [0.5, 0.6) is 0 Å². The third kappa shape index (κ3) is 9.25. The minimum atomic E-state index is -0.375. The van der Waals surface area contributed by atoms with Crippen LogP contribution >= 0.6 is 0 Å². The van der Waals surface area contributed by atoms with E-state index < -0.39 is 0 Å². The Kier molecular flexibility index (Phi) is 15.8. The van der Waals surface area contributed by atoms with E-state index in [1.54, 1.807) is 6.07 Å². The van der Waals surface area contributed by atoms with Crippen molar-refractivity contribution in [2.75, 3.05) is 7.11 Å². The van der Waals surface area contributed by atoms with Crippen LogP contribution < -0.4 is 0 Å². The summed E-state index contributed by atoms with van der Waals surface area (Å²) in [6.07, 6.45) is 5.68. The van der Waals surface area contributed by atoms with Gasteiger partial charge in [-0.25, -0.2) is 4.79 Å². The maximum Gasteiger partial charge on any atom is 0.339 e. The van der Waals surface area contributed by atoms with E-state index in [1.165, 1.54) is 13.3 Å². The van der Waals surface area contributed by atoms with Gasteiger partial charge in [-0.1, -0.05) is 27.7 Å². The maximum absolute atomic E-state index is 11.1. The lowest BCUT2D eigenvalue weighted by Gasteiger charge is -2.01. The molecule has 0 aliphatic rings. The molecule has 0 bridgehead atoms. The molecule has 0 aromatic carbocycles. The average molecular weight is 281 g/mol. The topological polar surface area (TPSA) is 56.3 Å². The Morgan fingerprint density at radius 3 is 2.30 bits per heavy atom. The van der Waals surface area contributed by atoms with E-state index in [4.69, 9.17) is 0 Å². The molecule has 114 valence electrons. The highest BCUT2D eigenvalue weighted by molar-refractivity contribution is 5.88. The molecule has 1 rings (SSSR count). The highest BCUT2D eigenvalue weighted by Gasteiger charge is 2.04. The molecule has 4 heteroatoms. The summed E-state index contributed by atoms with van der Waals surface area (Å²) >= 11 is 0. The molecule has 0 radical (unpaired) electrons.